The maximum absolute atomic E-state index is 6.04. The Balaban J connectivity index is 2.11. The molecule has 0 aliphatic rings. The highest BCUT2D eigenvalue weighted by Crippen LogP contribution is 2.30. The topological polar surface area (TPSA) is 12.0 Å². The lowest BCUT2D eigenvalue weighted by molar-refractivity contribution is 1.14. The summed E-state index contributed by atoms with van der Waals surface area (Å²) < 4.78 is 2.99. The van der Waals surface area contributed by atoms with Crippen LogP contribution in [0.25, 0.3) is 0 Å². The molecule has 0 saturated heterocycles. The second kappa shape index (κ2) is 6.42. The summed E-state index contributed by atoms with van der Waals surface area (Å²) >= 11 is 16.5. The normalized spacial score (nSPS) is 10.4. The number of anilines is 1. The van der Waals surface area contributed by atoms with Gasteiger partial charge in [0.1, 0.15) is 0 Å². The minimum absolute atomic E-state index is 0.706. The van der Waals surface area contributed by atoms with Crippen LogP contribution in [0.1, 0.15) is 5.56 Å². The quantitative estimate of drug-likeness (QED) is 0.579. The van der Waals surface area contributed by atoms with Crippen molar-refractivity contribution in [2.24, 2.45) is 0 Å². The van der Waals surface area contributed by atoms with Crippen molar-refractivity contribution in [1.82, 2.24) is 0 Å². The van der Waals surface area contributed by atoms with Crippen molar-refractivity contribution in [3.8, 4) is 0 Å². The van der Waals surface area contributed by atoms with E-state index in [2.05, 4.69) is 65.2 Å². The zero-order valence-corrected chi connectivity index (χ0v) is 14.7. The van der Waals surface area contributed by atoms with Crippen LogP contribution in [0.2, 0.25) is 5.02 Å². The summed E-state index contributed by atoms with van der Waals surface area (Å²) in [6.45, 7) is 0.741. The smallest absolute Gasteiger partial charge is 0.0593 e. The van der Waals surface area contributed by atoms with Gasteiger partial charge in [-0.25, -0.2) is 0 Å². The summed E-state index contributed by atoms with van der Waals surface area (Å²) in [5.74, 6) is 0. The molecule has 94 valence electrons. The molecule has 0 fully saturated rings. The van der Waals surface area contributed by atoms with E-state index in [0.29, 0.717) is 5.02 Å². The van der Waals surface area contributed by atoms with Crippen LogP contribution >= 0.6 is 59.4 Å². The monoisotopic (exact) mass is 451 g/mol. The average Bonchev–Trinajstić information content (AvgIpc) is 2.35. The fourth-order valence-electron chi connectivity index (χ4n) is 1.49. The number of rotatable bonds is 3. The number of nitrogens with one attached hydrogen (secondary N) is 1. The van der Waals surface area contributed by atoms with Gasteiger partial charge in [0.15, 0.2) is 0 Å². The van der Waals surface area contributed by atoms with Gasteiger partial charge in [-0.1, -0.05) is 23.7 Å². The van der Waals surface area contributed by atoms with Gasteiger partial charge in [0.25, 0.3) is 0 Å². The third kappa shape index (κ3) is 3.50. The van der Waals surface area contributed by atoms with E-state index in [0.717, 1.165) is 25.7 Å². The molecule has 0 bridgehead atoms. The molecule has 0 unspecified atom stereocenters. The molecule has 0 spiro atoms. The van der Waals surface area contributed by atoms with Crippen LogP contribution in [0.15, 0.2) is 49.8 Å². The Bertz CT molecular complexity index is 572. The molecule has 0 heterocycles. The zero-order chi connectivity index (χ0) is 13.1. The Kier molecular flexibility index (Phi) is 5.13. The van der Waals surface area contributed by atoms with E-state index in [9.17, 15) is 0 Å². The maximum Gasteiger partial charge on any atom is 0.0593 e. The van der Waals surface area contributed by atoms with Crippen molar-refractivity contribution in [3.63, 3.8) is 0 Å². The molecular formula is C13H9Br3ClN. The lowest BCUT2D eigenvalue weighted by atomic mass is 10.2. The van der Waals surface area contributed by atoms with E-state index in [1.165, 1.54) is 5.56 Å². The van der Waals surface area contributed by atoms with Gasteiger partial charge in [-0.05, 0) is 77.6 Å². The van der Waals surface area contributed by atoms with Gasteiger partial charge < -0.3 is 5.32 Å². The van der Waals surface area contributed by atoms with Gasteiger partial charge >= 0.3 is 0 Å². The molecule has 18 heavy (non-hydrogen) atoms. The fraction of sp³-hybridized carbons (Fsp3) is 0.0769. The first-order valence-corrected chi connectivity index (χ1v) is 7.95. The van der Waals surface area contributed by atoms with Crippen LogP contribution in [0.4, 0.5) is 5.69 Å². The predicted molar refractivity (Wildman–Crippen MR) is 88.3 cm³/mol. The second-order valence-electron chi connectivity index (χ2n) is 3.70. The molecule has 2 rings (SSSR count). The standard InChI is InChI=1S/C13H9Br3ClN/c14-9-5-4-8(6-10(9)15)7-18-12-3-1-2-11(17)13(12)16/h1-6,18H,7H2. The van der Waals surface area contributed by atoms with Gasteiger partial charge in [0.2, 0.25) is 0 Å². The van der Waals surface area contributed by atoms with Gasteiger partial charge in [-0.3, -0.25) is 0 Å². The fourth-order valence-corrected chi connectivity index (χ4v) is 2.74. The molecule has 0 radical (unpaired) electrons. The van der Waals surface area contributed by atoms with Crippen molar-refractivity contribution in [3.05, 3.63) is 60.4 Å². The first kappa shape index (κ1) is 14.4. The number of benzene rings is 2. The van der Waals surface area contributed by atoms with E-state index < -0.39 is 0 Å². The minimum Gasteiger partial charge on any atom is -0.380 e. The number of hydrogen-bond acceptors (Lipinski definition) is 1. The Morgan fingerprint density at radius 3 is 2.50 bits per heavy atom. The summed E-state index contributed by atoms with van der Waals surface area (Å²) in [5, 5.41) is 4.05. The molecule has 1 N–H and O–H groups in total. The van der Waals surface area contributed by atoms with Crippen LogP contribution in [0.5, 0.6) is 0 Å². The van der Waals surface area contributed by atoms with Crippen LogP contribution in [0.3, 0.4) is 0 Å². The number of halogens is 4. The second-order valence-corrected chi connectivity index (χ2v) is 6.61. The van der Waals surface area contributed by atoms with Gasteiger partial charge in [0.05, 0.1) is 15.2 Å². The molecule has 0 amide bonds. The first-order chi connectivity index (χ1) is 8.58. The van der Waals surface area contributed by atoms with E-state index in [4.69, 9.17) is 11.6 Å². The Hall–Kier alpha value is -0.0300. The Morgan fingerprint density at radius 2 is 1.78 bits per heavy atom. The van der Waals surface area contributed by atoms with Gasteiger partial charge in [-0.15, -0.1) is 0 Å². The van der Waals surface area contributed by atoms with E-state index in [1.54, 1.807) is 0 Å². The highest BCUT2D eigenvalue weighted by molar-refractivity contribution is 9.13. The molecule has 0 atom stereocenters. The first-order valence-electron chi connectivity index (χ1n) is 5.20. The third-order valence-corrected chi connectivity index (χ3v) is 5.70. The summed E-state index contributed by atoms with van der Waals surface area (Å²) in [5.41, 5.74) is 2.18. The highest BCUT2D eigenvalue weighted by atomic mass is 79.9. The molecule has 0 aromatic heterocycles. The molecule has 0 aliphatic carbocycles. The minimum atomic E-state index is 0.706. The SMILES string of the molecule is Clc1cccc(NCc2ccc(Br)c(Br)c2)c1Br. The number of hydrogen-bond donors (Lipinski definition) is 1. The Labute approximate surface area is 136 Å². The molecule has 0 aliphatic heterocycles. The lowest BCUT2D eigenvalue weighted by Crippen LogP contribution is -2.00. The van der Waals surface area contributed by atoms with Crippen LogP contribution < -0.4 is 5.32 Å². The lowest BCUT2D eigenvalue weighted by Gasteiger charge is -2.10. The van der Waals surface area contributed by atoms with Crippen molar-refractivity contribution >= 4 is 65.1 Å². The largest absolute Gasteiger partial charge is 0.380 e. The molecule has 2 aromatic rings. The van der Waals surface area contributed by atoms with Gasteiger partial charge in [-0.2, -0.15) is 0 Å². The van der Waals surface area contributed by atoms with Crippen molar-refractivity contribution in [1.29, 1.82) is 0 Å². The van der Waals surface area contributed by atoms with Crippen LogP contribution in [-0.4, -0.2) is 0 Å². The molecular weight excluding hydrogens is 445 g/mol. The third-order valence-electron chi connectivity index (χ3n) is 2.42. The van der Waals surface area contributed by atoms with Gasteiger partial charge in [0, 0.05) is 15.5 Å². The van der Waals surface area contributed by atoms with Crippen molar-refractivity contribution in [2.45, 2.75) is 6.54 Å². The summed E-state index contributed by atoms with van der Waals surface area (Å²) in [4.78, 5) is 0. The average molecular weight is 454 g/mol. The summed E-state index contributed by atoms with van der Waals surface area (Å²) in [7, 11) is 0. The van der Waals surface area contributed by atoms with Crippen LogP contribution in [0, 0.1) is 0 Å². The van der Waals surface area contributed by atoms with E-state index in [1.807, 2.05) is 24.3 Å². The molecule has 0 saturated carbocycles. The highest BCUT2D eigenvalue weighted by Gasteiger charge is 2.04. The zero-order valence-electron chi connectivity index (χ0n) is 9.18. The van der Waals surface area contributed by atoms with Crippen molar-refractivity contribution < 1.29 is 0 Å². The Morgan fingerprint density at radius 1 is 1.00 bits per heavy atom. The van der Waals surface area contributed by atoms with Crippen molar-refractivity contribution in [2.75, 3.05) is 5.32 Å². The van der Waals surface area contributed by atoms with E-state index in [-0.39, 0.29) is 0 Å². The molecule has 5 heteroatoms. The van der Waals surface area contributed by atoms with E-state index >= 15 is 0 Å². The maximum atomic E-state index is 6.04. The molecule has 1 nitrogen and oxygen atoms in total. The summed E-state index contributed by atoms with van der Waals surface area (Å²) in [6.07, 6.45) is 0. The predicted octanol–water partition coefficient (Wildman–Crippen LogP) is 6.24. The van der Waals surface area contributed by atoms with Crippen LogP contribution in [-0.2, 0) is 6.54 Å². The summed E-state index contributed by atoms with van der Waals surface area (Å²) in [6, 6.07) is 11.9. The molecule has 2 aromatic carbocycles.